The van der Waals surface area contributed by atoms with Crippen molar-refractivity contribution in [3.8, 4) is 0 Å². The second-order valence-corrected chi connectivity index (χ2v) is 11.6. The molecule has 3 unspecified atom stereocenters. The van der Waals surface area contributed by atoms with Crippen LogP contribution < -0.4 is 0 Å². The molecule has 1 fully saturated rings. The van der Waals surface area contributed by atoms with Crippen molar-refractivity contribution in [2.45, 2.75) is 64.7 Å². The van der Waals surface area contributed by atoms with Crippen molar-refractivity contribution < 1.29 is 0 Å². The third kappa shape index (κ3) is 2.83. The molecule has 0 radical (unpaired) electrons. The maximum atomic E-state index is 2.54. The first-order chi connectivity index (χ1) is 5.95. The van der Waals surface area contributed by atoms with Crippen molar-refractivity contribution in [2.24, 2.45) is 11.8 Å². The van der Waals surface area contributed by atoms with E-state index in [0.29, 0.717) is 0 Å². The minimum atomic E-state index is -0.825. The molecule has 1 aliphatic rings. The van der Waals surface area contributed by atoms with E-state index in [9.17, 15) is 0 Å². The van der Waals surface area contributed by atoms with Crippen molar-refractivity contribution in [1.29, 1.82) is 0 Å². The molecule has 0 saturated heterocycles. The highest BCUT2D eigenvalue weighted by Gasteiger charge is 2.35. The molecule has 0 nitrogen and oxygen atoms in total. The molecule has 1 saturated carbocycles. The Morgan fingerprint density at radius 1 is 1.23 bits per heavy atom. The average Bonchev–Trinajstić information content (AvgIpc) is 2.50. The normalized spacial score (nSPS) is 32.1. The van der Waals surface area contributed by atoms with E-state index in [1.807, 2.05) is 0 Å². The Morgan fingerprint density at radius 2 is 1.85 bits per heavy atom. The Bertz CT molecular complexity index is 157. The van der Waals surface area contributed by atoms with Gasteiger partial charge in [0.2, 0.25) is 0 Å². The van der Waals surface area contributed by atoms with E-state index in [1.165, 1.54) is 19.3 Å². The molecule has 1 aliphatic carbocycles. The lowest BCUT2D eigenvalue weighted by atomic mass is 9.91. The van der Waals surface area contributed by atoms with Crippen LogP contribution in [0, 0.1) is 11.8 Å². The van der Waals surface area contributed by atoms with Crippen LogP contribution in [0.2, 0.25) is 25.2 Å². The molecular formula is C12H26Si. The summed E-state index contributed by atoms with van der Waals surface area (Å²) in [6.07, 6.45) is 5.97. The summed E-state index contributed by atoms with van der Waals surface area (Å²) >= 11 is 0. The highest BCUT2D eigenvalue weighted by atomic mass is 28.3. The Balaban J connectivity index is 2.45. The van der Waals surface area contributed by atoms with Gasteiger partial charge in [0.05, 0.1) is 0 Å². The monoisotopic (exact) mass is 198 g/mol. The molecule has 0 bridgehead atoms. The summed E-state index contributed by atoms with van der Waals surface area (Å²) in [5.41, 5.74) is 1.12. The van der Waals surface area contributed by atoms with E-state index in [4.69, 9.17) is 0 Å². The molecule has 13 heavy (non-hydrogen) atoms. The first kappa shape index (κ1) is 11.3. The quantitative estimate of drug-likeness (QED) is 0.584. The van der Waals surface area contributed by atoms with Gasteiger partial charge in [-0.25, -0.2) is 0 Å². The lowest BCUT2D eigenvalue weighted by Crippen LogP contribution is -2.26. The molecule has 0 aromatic carbocycles. The molecule has 0 N–H and O–H groups in total. The number of hydrogen-bond acceptors (Lipinski definition) is 0. The minimum Gasteiger partial charge on any atom is -0.0693 e. The fraction of sp³-hybridized carbons (Fsp3) is 1.00. The maximum absolute atomic E-state index is 2.54. The second-order valence-electron chi connectivity index (χ2n) is 6.02. The van der Waals surface area contributed by atoms with Crippen molar-refractivity contribution in [3.05, 3.63) is 0 Å². The predicted molar refractivity (Wildman–Crippen MR) is 63.9 cm³/mol. The van der Waals surface area contributed by atoms with Crippen LogP contribution in [0.15, 0.2) is 0 Å². The topological polar surface area (TPSA) is 0 Å². The molecule has 0 aliphatic heterocycles. The van der Waals surface area contributed by atoms with Crippen LogP contribution in [0.1, 0.15) is 39.5 Å². The standard InChI is InChI=1S/C12H26Si/c1-6-10(2)11-7-8-12(9-11)13(3,4)5/h10-12H,6-9H2,1-5H3. The summed E-state index contributed by atoms with van der Waals surface area (Å²) in [5, 5.41) is 0. The van der Waals surface area contributed by atoms with Gasteiger partial charge in [0.25, 0.3) is 0 Å². The molecule has 0 spiro atoms. The summed E-state index contributed by atoms with van der Waals surface area (Å²) in [5.74, 6) is 2.03. The van der Waals surface area contributed by atoms with Crippen LogP contribution in [0.5, 0.6) is 0 Å². The molecule has 78 valence electrons. The number of rotatable bonds is 3. The smallest absolute Gasteiger partial charge is 0.0473 e. The molecule has 3 atom stereocenters. The van der Waals surface area contributed by atoms with Gasteiger partial charge in [0.1, 0.15) is 0 Å². The van der Waals surface area contributed by atoms with Gasteiger partial charge in [-0.15, -0.1) is 0 Å². The molecule has 1 heteroatoms. The summed E-state index contributed by atoms with van der Waals surface area (Å²) in [6, 6.07) is 0. The molecule has 0 aromatic heterocycles. The number of hydrogen-bond donors (Lipinski definition) is 0. The lowest BCUT2D eigenvalue weighted by Gasteiger charge is -2.25. The highest BCUT2D eigenvalue weighted by Crippen LogP contribution is 2.45. The molecule has 0 heterocycles. The second kappa shape index (κ2) is 4.16. The Kier molecular flexibility index (Phi) is 3.62. The largest absolute Gasteiger partial charge is 0.0693 e. The SMILES string of the molecule is CCC(C)C1CCC([Si](C)(C)C)C1. The van der Waals surface area contributed by atoms with Gasteiger partial charge in [-0.05, 0) is 23.8 Å². The van der Waals surface area contributed by atoms with Gasteiger partial charge < -0.3 is 0 Å². The average molecular weight is 198 g/mol. The molecular weight excluding hydrogens is 172 g/mol. The van der Waals surface area contributed by atoms with E-state index < -0.39 is 8.07 Å². The van der Waals surface area contributed by atoms with E-state index in [2.05, 4.69) is 33.5 Å². The first-order valence-electron chi connectivity index (χ1n) is 5.95. The first-order valence-corrected chi connectivity index (χ1v) is 9.53. The van der Waals surface area contributed by atoms with Gasteiger partial charge in [-0.1, -0.05) is 52.8 Å². The van der Waals surface area contributed by atoms with E-state index in [1.54, 1.807) is 6.42 Å². The third-order valence-electron chi connectivity index (χ3n) is 4.15. The van der Waals surface area contributed by atoms with Gasteiger partial charge in [-0.2, -0.15) is 0 Å². The highest BCUT2D eigenvalue weighted by molar-refractivity contribution is 6.77. The van der Waals surface area contributed by atoms with Gasteiger partial charge in [0, 0.05) is 8.07 Å². The van der Waals surface area contributed by atoms with Crippen LogP contribution in [0.4, 0.5) is 0 Å². The summed E-state index contributed by atoms with van der Waals surface area (Å²) in [4.78, 5) is 0. The molecule has 0 amide bonds. The van der Waals surface area contributed by atoms with Crippen LogP contribution in [0.25, 0.3) is 0 Å². The van der Waals surface area contributed by atoms with E-state index in [0.717, 1.165) is 17.4 Å². The predicted octanol–water partition coefficient (Wildman–Crippen LogP) is 4.54. The zero-order chi connectivity index (χ0) is 10.1. The van der Waals surface area contributed by atoms with Crippen molar-refractivity contribution >= 4 is 8.07 Å². The fourth-order valence-corrected chi connectivity index (χ4v) is 4.70. The summed E-state index contributed by atoms with van der Waals surface area (Å²) < 4.78 is 0. The lowest BCUT2D eigenvalue weighted by molar-refractivity contribution is 0.357. The van der Waals surface area contributed by atoms with E-state index in [-0.39, 0.29) is 0 Å². The van der Waals surface area contributed by atoms with Crippen molar-refractivity contribution in [2.75, 3.05) is 0 Å². The Labute approximate surface area is 85.1 Å². The summed E-state index contributed by atoms with van der Waals surface area (Å²) in [6.45, 7) is 12.4. The molecule has 1 rings (SSSR count). The van der Waals surface area contributed by atoms with Crippen molar-refractivity contribution in [1.82, 2.24) is 0 Å². The van der Waals surface area contributed by atoms with Crippen molar-refractivity contribution in [3.63, 3.8) is 0 Å². The zero-order valence-corrected chi connectivity index (χ0v) is 11.1. The van der Waals surface area contributed by atoms with Gasteiger partial charge in [-0.3, -0.25) is 0 Å². The van der Waals surface area contributed by atoms with E-state index >= 15 is 0 Å². The van der Waals surface area contributed by atoms with Crippen LogP contribution in [-0.2, 0) is 0 Å². The van der Waals surface area contributed by atoms with Crippen LogP contribution >= 0.6 is 0 Å². The minimum absolute atomic E-state index is 0.825. The molecule has 0 aromatic rings. The Hall–Kier alpha value is 0.217. The van der Waals surface area contributed by atoms with Gasteiger partial charge >= 0.3 is 0 Å². The third-order valence-corrected chi connectivity index (χ3v) is 7.12. The summed E-state index contributed by atoms with van der Waals surface area (Å²) in [7, 11) is -0.825. The zero-order valence-electron chi connectivity index (χ0n) is 10.1. The maximum Gasteiger partial charge on any atom is 0.0473 e. The van der Waals surface area contributed by atoms with Crippen LogP contribution in [-0.4, -0.2) is 8.07 Å². The van der Waals surface area contributed by atoms with Crippen LogP contribution in [0.3, 0.4) is 0 Å². The van der Waals surface area contributed by atoms with Gasteiger partial charge in [0.15, 0.2) is 0 Å². The fourth-order valence-electron chi connectivity index (χ4n) is 2.65. The Morgan fingerprint density at radius 3 is 2.23 bits per heavy atom.